The summed E-state index contributed by atoms with van der Waals surface area (Å²) in [4.78, 5) is 26.2. The van der Waals surface area contributed by atoms with Gasteiger partial charge < -0.3 is 9.80 Å². The van der Waals surface area contributed by atoms with Gasteiger partial charge in [-0.25, -0.2) is 19.0 Å². The van der Waals surface area contributed by atoms with Crippen molar-refractivity contribution >= 4 is 11.6 Å². The van der Waals surface area contributed by atoms with Crippen LogP contribution < -0.4 is 15.4 Å². The van der Waals surface area contributed by atoms with Gasteiger partial charge in [0.2, 0.25) is 0 Å². The number of anilines is 2. The molecule has 31 heavy (non-hydrogen) atoms. The Labute approximate surface area is 180 Å². The normalized spacial score (nSPS) is 16.6. The molecule has 1 saturated heterocycles. The van der Waals surface area contributed by atoms with Gasteiger partial charge in [-0.15, -0.1) is 0 Å². The van der Waals surface area contributed by atoms with E-state index in [1.165, 1.54) is 29.7 Å². The molecular formula is C23H25FN6O. The first-order chi connectivity index (χ1) is 15.0. The van der Waals surface area contributed by atoms with Crippen molar-refractivity contribution in [2.45, 2.75) is 32.2 Å². The van der Waals surface area contributed by atoms with E-state index in [2.05, 4.69) is 25.9 Å². The Morgan fingerprint density at radius 2 is 1.61 bits per heavy atom. The topological polar surface area (TPSA) is 67.2 Å². The zero-order valence-corrected chi connectivity index (χ0v) is 17.5. The van der Waals surface area contributed by atoms with E-state index in [0.29, 0.717) is 12.5 Å². The van der Waals surface area contributed by atoms with Gasteiger partial charge in [-0.05, 0) is 43.5 Å². The highest BCUT2D eigenvalue weighted by atomic mass is 19.1. The van der Waals surface area contributed by atoms with Gasteiger partial charge in [0.05, 0.1) is 6.54 Å². The largest absolute Gasteiger partial charge is 0.353 e. The summed E-state index contributed by atoms with van der Waals surface area (Å²) < 4.78 is 14.6. The van der Waals surface area contributed by atoms with Gasteiger partial charge in [0, 0.05) is 49.9 Å². The number of piperazine rings is 1. The molecule has 5 rings (SSSR count). The van der Waals surface area contributed by atoms with Crippen molar-refractivity contribution < 1.29 is 4.39 Å². The van der Waals surface area contributed by atoms with Crippen LogP contribution in [0.2, 0.25) is 0 Å². The third-order valence-corrected chi connectivity index (χ3v) is 5.83. The van der Waals surface area contributed by atoms with Crippen LogP contribution in [0.15, 0.2) is 47.3 Å². The molecule has 0 amide bonds. The lowest BCUT2D eigenvalue weighted by Gasteiger charge is -2.36. The summed E-state index contributed by atoms with van der Waals surface area (Å²) in [7, 11) is 0. The molecule has 1 aliphatic carbocycles. The van der Waals surface area contributed by atoms with E-state index < -0.39 is 0 Å². The summed E-state index contributed by atoms with van der Waals surface area (Å²) >= 11 is 0. The number of benzene rings is 1. The van der Waals surface area contributed by atoms with Crippen LogP contribution in [0, 0.1) is 12.7 Å². The van der Waals surface area contributed by atoms with Gasteiger partial charge in [0.25, 0.3) is 5.56 Å². The van der Waals surface area contributed by atoms with Crippen molar-refractivity contribution in [2.24, 2.45) is 0 Å². The average Bonchev–Trinajstić information content (AvgIpc) is 3.62. The minimum absolute atomic E-state index is 0.171. The fourth-order valence-corrected chi connectivity index (χ4v) is 3.91. The number of aryl methyl sites for hydroxylation is 1. The number of hydrogen-bond donors (Lipinski definition) is 0. The number of rotatable bonds is 5. The Morgan fingerprint density at radius 1 is 0.935 bits per heavy atom. The first-order valence-corrected chi connectivity index (χ1v) is 10.7. The maximum absolute atomic E-state index is 13.1. The fourth-order valence-electron chi connectivity index (χ4n) is 3.91. The van der Waals surface area contributed by atoms with Crippen LogP contribution in [0.1, 0.15) is 35.8 Å². The lowest BCUT2D eigenvalue weighted by atomic mass is 10.2. The molecule has 3 aromatic rings. The Kier molecular flexibility index (Phi) is 5.13. The summed E-state index contributed by atoms with van der Waals surface area (Å²) in [5, 5.41) is 4.56. The zero-order chi connectivity index (χ0) is 21.4. The summed E-state index contributed by atoms with van der Waals surface area (Å²) in [6, 6.07) is 11.5. The molecule has 0 unspecified atom stereocenters. The highest BCUT2D eigenvalue weighted by Gasteiger charge is 2.28. The predicted octanol–water partition coefficient (Wildman–Crippen LogP) is 2.73. The molecule has 2 aliphatic rings. The van der Waals surface area contributed by atoms with Gasteiger partial charge in [-0.2, -0.15) is 5.10 Å². The minimum Gasteiger partial charge on any atom is -0.353 e. The van der Waals surface area contributed by atoms with Gasteiger partial charge in [0.1, 0.15) is 23.3 Å². The molecule has 1 saturated carbocycles. The summed E-state index contributed by atoms with van der Waals surface area (Å²) in [5.41, 5.74) is 1.68. The van der Waals surface area contributed by atoms with Crippen LogP contribution >= 0.6 is 0 Å². The third kappa shape index (κ3) is 4.42. The summed E-state index contributed by atoms with van der Waals surface area (Å²) in [6.45, 7) is 5.60. The number of aromatic nitrogens is 4. The van der Waals surface area contributed by atoms with Gasteiger partial charge >= 0.3 is 0 Å². The highest BCUT2D eigenvalue weighted by molar-refractivity contribution is 5.45. The molecule has 2 aromatic heterocycles. The molecule has 3 heterocycles. The predicted molar refractivity (Wildman–Crippen MR) is 117 cm³/mol. The standard InChI is InChI=1S/C23H25FN6O/c1-16-14-21(26-23(25-16)18-4-5-18)29-12-10-28(11-13-29)20-8-9-22(31)30(27-20)15-17-2-6-19(24)7-3-17/h2-3,6-9,14,18H,4-5,10-13,15H2,1H3. The van der Waals surface area contributed by atoms with E-state index in [1.807, 2.05) is 6.92 Å². The van der Waals surface area contributed by atoms with E-state index in [0.717, 1.165) is 54.9 Å². The first kappa shape index (κ1) is 19.7. The molecule has 8 heteroatoms. The van der Waals surface area contributed by atoms with E-state index >= 15 is 0 Å². The second-order valence-corrected chi connectivity index (χ2v) is 8.29. The minimum atomic E-state index is -0.293. The van der Waals surface area contributed by atoms with Crippen molar-refractivity contribution in [3.05, 3.63) is 75.7 Å². The lowest BCUT2D eigenvalue weighted by Crippen LogP contribution is -2.47. The van der Waals surface area contributed by atoms with Crippen LogP contribution in [-0.2, 0) is 6.54 Å². The van der Waals surface area contributed by atoms with Gasteiger partial charge in [-0.1, -0.05) is 12.1 Å². The lowest BCUT2D eigenvalue weighted by molar-refractivity contribution is 0.596. The SMILES string of the molecule is Cc1cc(N2CCN(c3ccc(=O)n(Cc4ccc(F)cc4)n3)CC2)nc(C2CC2)n1. The van der Waals surface area contributed by atoms with E-state index in [-0.39, 0.29) is 11.4 Å². The molecule has 0 bridgehead atoms. The fraction of sp³-hybridized carbons (Fsp3) is 0.391. The smallest absolute Gasteiger partial charge is 0.267 e. The molecule has 1 aromatic carbocycles. The average molecular weight is 420 g/mol. The van der Waals surface area contributed by atoms with Crippen LogP contribution in [-0.4, -0.2) is 45.9 Å². The van der Waals surface area contributed by atoms with E-state index in [4.69, 9.17) is 4.98 Å². The maximum Gasteiger partial charge on any atom is 0.267 e. The Bertz CT molecular complexity index is 1130. The molecule has 0 N–H and O–H groups in total. The van der Waals surface area contributed by atoms with Crippen LogP contribution in [0.25, 0.3) is 0 Å². The molecule has 1 aliphatic heterocycles. The Hall–Kier alpha value is -3.29. The maximum atomic E-state index is 13.1. The molecule has 0 spiro atoms. The molecular weight excluding hydrogens is 395 g/mol. The highest BCUT2D eigenvalue weighted by Crippen LogP contribution is 2.38. The van der Waals surface area contributed by atoms with Crippen molar-refractivity contribution in [1.29, 1.82) is 0 Å². The van der Waals surface area contributed by atoms with Crippen molar-refractivity contribution in [3.63, 3.8) is 0 Å². The number of nitrogens with zero attached hydrogens (tertiary/aromatic N) is 6. The van der Waals surface area contributed by atoms with Crippen molar-refractivity contribution in [1.82, 2.24) is 19.7 Å². The quantitative estimate of drug-likeness (QED) is 0.632. The molecule has 2 fully saturated rings. The molecule has 160 valence electrons. The summed E-state index contributed by atoms with van der Waals surface area (Å²) in [6.07, 6.45) is 2.38. The van der Waals surface area contributed by atoms with Crippen LogP contribution in [0.3, 0.4) is 0 Å². The second-order valence-electron chi connectivity index (χ2n) is 8.29. The molecule has 0 radical (unpaired) electrons. The second kappa shape index (κ2) is 8.09. The Balaban J connectivity index is 1.28. The zero-order valence-electron chi connectivity index (χ0n) is 17.5. The van der Waals surface area contributed by atoms with Crippen LogP contribution in [0.5, 0.6) is 0 Å². The number of halogens is 1. The Morgan fingerprint density at radius 3 is 2.29 bits per heavy atom. The summed E-state index contributed by atoms with van der Waals surface area (Å²) in [5.74, 6) is 3.00. The van der Waals surface area contributed by atoms with Gasteiger partial charge in [0.15, 0.2) is 0 Å². The van der Waals surface area contributed by atoms with Crippen LogP contribution in [0.4, 0.5) is 16.0 Å². The monoisotopic (exact) mass is 420 g/mol. The molecule has 7 nitrogen and oxygen atoms in total. The van der Waals surface area contributed by atoms with Crippen molar-refractivity contribution in [3.8, 4) is 0 Å². The van der Waals surface area contributed by atoms with E-state index in [1.54, 1.807) is 24.3 Å². The van der Waals surface area contributed by atoms with E-state index in [9.17, 15) is 9.18 Å². The number of hydrogen-bond acceptors (Lipinski definition) is 6. The third-order valence-electron chi connectivity index (χ3n) is 5.83. The van der Waals surface area contributed by atoms with Gasteiger partial charge in [-0.3, -0.25) is 4.79 Å². The molecule has 0 atom stereocenters. The van der Waals surface area contributed by atoms with Crippen molar-refractivity contribution in [2.75, 3.05) is 36.0 Å². The first-order valence-electron chi connectivity index (χ1n) is 10.7.